The Hall–Kier alpha value is -5.16. The highest BCUT2D eigenvalue weighted by molar-refractivity contribution is 6.12. The number of aliphatic hydroxyl groups excluding tert-OH is 1. The molecule has 4 aromatic rings. The van der Waals surface area contributed by atoms with E-state index in [-0.39, 0.29) is 23.6 Å². The number of nitrogens with one attached hydrogen (secondary N) is 1. The molecule has 0 unspecified atom stereocenters. The van der Waals surface area contributed by atoms with Crippen molar-refractivity contribution in [2.24, 2.45) is 0 Å². The van der Waals surface area contributed by atoms with Crippen LogP contribution in [0.5, 0.6) is 17.2 Å². The number of amides is 2. The number of hydrogen-bond acceptors (Lipinski definition) is 8. The lowest BCUT2D eigenvalue weighted by Crippen LogP contribution is -2.34. The number of hydrogen-bond donors (Lipinski definition) is 3. The lowest BCUT2D eigenvalue weighted by Gasteiger charge is -2.24. The molecule has 0 bridgehead atoms. The quantitative estimate of drug-likeness (QED) is 0.0538. The Bertz CT molecular complexity index is 1740. The van der Waals surface area contributed by atoms with Gasteiger partial charge < -0.3 is 25.0 Å². The Kier molecular flexibility index (Phi) is 13.8. The van der Waals surface area contributed by atoms with Crippen LogP contribution in [0.1, 0.15) is 87.1 Å². The first-order valence-electron chi connectivity index (χ1n) is 16.9. The van der Waals surface area contributed by atoms with Crippen LogP contribution in [0.2, 0.25) is 0 Å². The van der Waals surface area contributed by atoms with Gasteiger partial charge in [-0.05, 0) is 42.3 Å². The van der Waals surface area contributed by atoms with Crippen molar-refractivity contribution in [1.29, 1.82) is 0 Å². The van der Waals surface area contributed by atoms with Gasteiger partial charge in [-0.2, -0.15) is 0 Å². The van der Waals surface area contributed by atoms with Crippen molar-refractivity contribution in [1.82, 2.24) is 0 Å². The first-order valence-corrected chi connectivity index (χ1v) is 16.9. The molecule has 0 aromatic heterocycles. The van der Waals surface area contributed by atoms with Gasteiger partial charge >= 0.3 is 11.8 Å². The zero-order chi connectivity index (χ0) is 35.2. The van der Waals surface area contributed by atoms with Gasteiger partial charge in [0.15, 0.2) is 0 Å². The molecule has 0 fully saturated rings. The minimum Gasteiger partial charge on any atom is -0.506 e. The van der Waals surface area contributed by atoms with Crippen LogP contribution in [0.4, 0.5) is 21.9 Å². The van der Waals surface area contributed by atoms with Crippen LogP contribution in [0.15, 0.2) is 72.8 Å². The number of phenols is 1. The van der Waals surface area contributed by atoms with E-state index in [4.69, 9.17) is 9.47 Å². The molecule has 4 rings (SSSR count). The largest absolute Gasteiger partial charge is 0.506 e. The van der Waals surface area contributed by atoms with Crippen molar-refractivity contribution >= 4 is 39.8 Å². The van der Waals surface area contributed by atoms with Gasteiger partial charge in [-0.1, -0.05) is 101 Å². The Labute approximate surface area is 286 Å². The summed E-state index contributed by atoms with van der Waals surface area (Å²) in [4.78, 5) is 39.6. The summed E-state index contributed by atoms with van der Waals surface area (Å²) in [7, 11) is 1.49. The topological polar surface area (TPSA) is 151 Å². The molecule has 11 heteroatoms. The number of fused-ring (bicyclic) bond motifs is 1. The van der Waals surface area contributed by atoms with Crippen molar-refractivity contribution in [3.63, 3.8) is 0 Å². The minimum absolute atomic E-state index is 0.0268. The highest BCUT2D eigenvalue weighted by Crippen LogP contribution is 2.37. The summed E-state index contributed by atoms with van der Waals surface area (Å²) in [6.07, 6.45) is 10.2. The summed E-state index contributed by atoms with van der Waals surface area (Å²) in [6, 6.07) is 19.0. The summed E-state index contributed by atoms with van der Waals surface area (Å²) in [5, 5.41) is 36.1. The highest BCUT2D eigenvalue weighted by atomic mass is 16.6. The average Bonchev–Trinajstić information content (AvgIpc) is 3.11. The van der Waals surface area contributed by atoms with Gasteiger partial charge in [-0.25, -0.2) is 4.79 Å². The molecule has 0 spiro atoms. The zero-order valence-electron chi connectivity index (χ0n) is 28.2. The molecule has 0 aliphatic heterocycles. The van der Waals surface area contributed by atoms with Gasteiger partial charge in [0.2, 0.25) is 5.75 Å². The third-order valence-electron chi connectivity index (χ3n) is 8.46. The maximum atomic E-state index is 13.8. The SMILES string of the molecule is CCCCCCCCCCCCN(C(=O)Oc1ccc(CO)cc1[N+](=O)[O-])c1cccc2c(O)c(C(=O)Nc3ccccc3OC)ccc12. The van der Waals surface area contributed by atoms with E-state index < -0.39 is 29.2 Å². The van der Waals surface area contributed by atoms with Gasteiger partial charge in [-0.15, -0.1) is 0 Å². The van der Waals surface area contributed by atoms with Crippen molar-refractivity contribution in [2.75, 3.05) is 23.9 Å². The third kappa shape index (κ3) is 9.70. The second-order valence-corrected chi connectivity index (χ2v) is 11.9. The average molecular weight is 672 g/mol. The van der Waals surface area contributed by atoms with E-state index in [1.165, 1.54) is 74.8 Å². The van der Waals surface area contributed by atoms with Crippen LogP contribution in [-0.2, 0) is 6.61 Å². The summed E-state index contributed by atoms with van der Waals surface area (Å²) in [5.74, 6) is -0.603. The molecule has 0 radical (unpaired) electrons. The standard InChI is InChI=1S/C38H45N3O8/c1-3-4-5-6-7-8-9-10-11-14-24-40(38(45)49-35-23-20-27(26-42)25-33(35)41(46)47)32-18-15-16-29-28(32)21-22-30(36(29)43)37(44)39-31-17-12-13-19-34(31)48-2/h12-13,15-23,25,42-43H,3-11,14,24,26H2,1-2H3,(H,39,44). The maximum Gasteiger partial charge on any atom is 0.420 e. The highest BCUT2D eigenvalue weighted by Gasteiger charge is 2.26. The van der Waals surface area contributed by atoms with Crippen LogP contribution >= 0.6 is 0 Å². The molecule has 3 N–H and O–H groups in total. The molecule has 4 aromatic carbocycles. The number of carbonyl (C=O) groups is 2. The second kappa shape index (κ2) is 18.4. The van der Waals surface area contributed by atoms with Crippen molar-refractivity contribution in [2.45, 2.75) is 77.7 Å². The monoisotopic (exact) mass is 671 g/mol. The molecule has 0 saturated heterocycles. The van der Waals surface area contributed by atoms with Gasteiger partial charge in [0.05, 0.1) is 35.6 Å². The fraction of sp³-hybridized carbons (Fsp3) is 0.368. The smallest absolute Gasteiger partial charge is 0.420 e. The minimum atomic E-state index is -0.833. The van der Waals surface area contributed by atoms with E-state index in [0.717, 1.165) is 19.3 Å². The zero-order valence-corrected chi connectivity index (χ0v) is 28.2. The number of ether oxygens (including phenoxy) is 2. The predicted molar refractivity (Wildman–Crippen MR) is 191 cm³/mol. The van der Waals surface area contributed by atoms with E-state index in [1.54, 1.807) is 48.5 Å². The van der Waals surface area contributed by atoms with Crippen LogP contribution in [0.3, 0.4) is 0 Å². The number of aliphatic hydroxyl groups is 1. The maximum absolute atomic E-state index is 13.8. The van der Waals surface area contributed by atoms with E-state index in [1.807, 2.05) is 0 Å². The van der Waals surface area contributed by atoms with Gasteiger partial charge in [0.25, 0.3) is 5.91 Å². The number of aromatic hydroxyl groups is 1. The summed E-state index contributed by atoms with van der Waals surface area (Å²) in [6.45, 7) is 2.06. The van der Waals surface area contributed by atoms with Crippen molar-refractivity contribution < 1.29 is 34.2 Å². The molecule has 260 valence electrons. The molecular weight excluding hydrogens is 626 g/mol. The van der Waals surface area contributed by atoms with E-state index in [0.29, 0.717) is 39.9 Å². The molecule has 0 atom stereocenters. The van der Waals surface area contributed by atoms with Crippen LogP contribution < -0.4 is 19.7 Å². The van der Waals surface area contributed by atoms with Crippen LogP contribution in [0, 0.1) is 10.1 Å². The molecule has 0 aliphatic carbocycles. The van der Waals surface area contributed by atoms with Crippen molar-refractivity contribution in [3.05, 3.63) is 94.0 Å². The Morgan fingerprint density at radius 1 is 0.837 bits per heavy atom. The molecule has 0 aliphatic rings. The lowest BCUT2D eigenvalue weighted by atomic mass is 10.0. The summed E-state index contributed by atoms with van der Waals surface area (Å²) < 4.78 is 10.9. The Morgan fingerprint density at radius 2 is 1.53 bits per heavy atom. The number of nitro benzene ring substituents is 1. The van der Waals surface area contributed by atoms with Gasteiger partial charge in [-0.3, -0.25) is 19.8 Å². The summed E-state index contributed by atoms with van der Waals surface area (Å²) >= 11 is 0. The van der Waals surface area contributed by atoms with E-state index in [2.05, 4.69) is 12.2 Å². The molecule has 11 nitrogen and oxygen atoms in total. The second-order valence-electron chi connectivity index (χ2n) is 11.9. The Balaban J connectivity index is 1.59. The number of methoxy groups -OCH3 is 1. The van der Waals surface area contributed by atoms with E-state index >= 15 is 0 Å². The third-order valence-corrected chi connectivity index (χ3v) is 8.46. The Morgan fingerprint density at radius 3 is 2.20 bits per heavy atom. The normalized spacial score (nSPS) is 10.9. The fourth-order valence-electron chi connectivity index (χ4n) is 5.79. The number of rotatable bonds is 18. The molecular formula is C38H45N3O8. The number of benzene rings is 4. The van der Waals surface area contributed by atoms with Crippen LogP contribution in [0.25, 0.3) is 10.8 Å². The number of carbonyl (C=O) groups excluding carboxylic acids is 2. The number of phenolic OH excluding ortho intramolecular Hbond substituents is 1. The number of nitrogens with zero attached hydrogens (tertiary/aromatic N) is 2. The van der Waals surface area contributed by atoms with Gasteiger partial charge in [0, 0.05) is 23.4 Å². The van der Waals surface area contributed by atoms with Gasteiger partial charge in [0.1, 0.15) is 11.5 Å². The fourth-order valence-corrected chi connectivity index (χ4v) is 5.79. The molecule has 0 heterocycles. The number of anilines is 2. The molecule has 0 saturated carbocycles. The van der Waals surface area contributed by atoms with Crippen LogP contribution in [-0.4, -0.2) is 40.8 Å². The molecule has 2 amide bonds. The van der Waals surface area contributed by atoms with E-state index in [9.17, 15) is 29.9 Å². The number of nitro groups is 1. The predicted octanol–water partition coefficient (Wildman–Crippen LogP) is 9.13. The lowest BCUT2D eigenvalue weighted by molar-refractivity contribution is -0.385. The summed E-state index contributed by atoms with van der Waals surface area (Å²) in [5.41, 5.74) is 0.748. The first-order chi connectivity index (χ1) is 23.8. The first kappa shape index (κ1) is 36.7. The van der Waals surface area contributed by atoms with Crippen molar-refractivity contribution in [3.8, 4) is 17.2 Å². The molecule has 49 heavy (non-hydrogen) atoms. The number of para-hydroxylation sites is 2. The number of unbranched alkanes of at least 4 members (excludes halogenated alkanes) is 9.